The van der Waals surface area contributed by atoms with Crippen LogP contribution in [0.4, 0.5) is 0 Å². The van der Waals surface area contributed by atoms with Crippen LogP contribution in [0.5, 0.6) is 5.75 Å². The average molecular weight is 359 g/mol. The molecule has 1 amide bonds. The van der Waals surface area contributed by atoms with Gasteiger partial charge in [0.05, 0.1) is 12.1 Å². The van der Waals surface area contributed by atoms with E-state index in [1.165, 1.54) is 29.7 Å². The highest BCUT2D eigenvalue weighted by Gasteiger charge is 2.36. The fourth-order valence-corrected chi connectivity index (χ4v) is 4.36. The zero-order valence-electron chi connectivity index (χ0n) is 14.6. The lowest BCUT2D eigenvalue weighted by Gasteiger charge is -2.30. The highest BCUT2D eigenvalue weighted by molar-refractivity contribution is 7.09. The van der Waals surface area contributed by atoms with Gasteiger partial charge in [0.1, 0.15) is 11.4 Å². The van der Waals surface area contributed by atoms with Gasteiger partial charge in [-0.15, -0.1) is 11.3 Å². The molecular formula is C19H25N3O2S. The van der Waals surface area contributed by atoms with Crippen LogP contribution in [0.2, 0.25) is 0 Å². The molecule has 6 heteroatoms. The number of ether oxygens (including phenoxy) is 1. The number of thiazole rings is 1. The second kappa shape index (κ2) is 7.97. The van der Waals surface area contributed by atoms with Gasteiger partial charge in [-0.2, -0.15) is 0 Å². The van der Waals surface area contributed by atoms with Gasteiger partial charge in [-0.25, -0.2) is 4.98 Å². The molecule has 3 rings (SSSR count). The van der Waals surface area contributed by atoms with Crippen LogP contribution in [0.1, 0.15) is 46.7 Å². The van der Waals surface area contributed by atoms with E-state index in [1.54, 1.807) is 7.11 Å². The number of nitrogens with zero attached hydrogens (tertiary/aromatic N) is 1. The van der Waals surface area contributed by atoms with Crippen LogP contribution < -0.4 is 15.8 Å². The Morgan fingerprint density at radius 3 is 2.92 bits per heavy atom. The number of nitrogens with two attached hydrogens (primary N) is 1. The summed E-state index contributed by atoms with van der Waals surface area (Å²) in [7, 11) is 1.68. The number of hydrogen-bond donors (Lipinski definition) is 2. The normalized spacial score (nSPS) is 15.9. The third kappa shape index (κ3) is 4.02. The second-order valence-corrected chi connectivity index (χ2v) is 7.51. The summed E-state index contributed by atoms with van der Waals surface area (Å²) < 4.78 is 5.37. The van der Waals surface area contributed by atoms with Crippen LogP contribution in [-0.4, -0.2) is 31.1 Å². The molecule has 2 aromatic rings. The van der Waals surface area contributed by atoms with E-state index in [4.69, 9.17) is 10.5 Å². The zero-order valence-corrected chi connectivity index (χ0v) is 15.4. The highest BCUT2D eigenvalue weighted by atomic mass is 32.1. The van der Waals surface area contributed by atoms with Crippen LogP contribution in [-0.2, 0) is 11.8 Å². The molecule has 0 spiro atoms. The number of nitrogens with one attached hydrogen (secondary N) is 1. The van der Waals surface area contributed by atoms with Gasteiger partial charge in [0.2, 0.25) is 0 Å². The lowest BCUT2D eigenvalue weighted by molar-refractivity contribution is 0.0938. The highest BCUT2D eigenvalue weighted by Crippen LogP contribution is 2.41. The SMILES string of the molecule is COc1cccc(C2(CNC(=O)c3csc(CCN)n3)CCCC2)c1. The molecule has 0 radical (unpaired) electrons. The molecular weight excluding hydrogens is 334 g/mol. The molecule has 1 aliphatic rings. The minimum absolute atomic E-state index is 0.0136. The van der Waals surface area contributed by atoms with Crippen molar-refractivity contribution in [2.24, 2.45) is 5.73 Å². The first-order valence-electron chi connectivity index (χ1n) is 8.74. The van der Waals surface area contributed by atoms with Gasteiger partial charge in [-0.3, -0.25) is 4.79 Å². The van der Waals surface area contributed by atoms with Gasteiger partial charge in [-0.1, -0.05) is 25.0 Å². The van der Waals surface area contributed by atoms with E-state index in [2.05, 4.69) is 22.4 Å². The maximum Gasteiger partial charge on any atom is 0.270 e. The van der Waals surface area contributed by atoms with Gasteiger partial charge >= 0.3 is 0 Å². The van der Waals surface area contributed by atoms with Crippen LogP contribution in [0.25, 0.3) is 0 Å². The molecule has 0 aliphatic heterocycles. The number of rotatable bonds is 7. The lowest BCUT2D eigenvalue weighted by Crippen LogP contribution is -2.39. The summed E-state index contributed by atoms with van der Waals surface area (Å²) >= 11 is 1.49. The number of hydrogen-bond acceptors (Lipinski definition) is 5. The minimum atomic E-state index is -0.103. The Morgan fingerprint density at radius 1 is 1.40 bits per heavy atom. The minimum Gasteiger partial charge on any atom is -0.497 e. The number of benzene rings is 1. The van der Waals surface area contributed by atoms with Gasteiger partial charge in [-0.05, 0) is 37.1 Å². The fraction of sp³-hybridized carbons (Fsp3) is 0.474. The average Bonchev–Trinajstić information content (AvgIpc) is 3.30. The quantitative estimate of drug-likeness (QED) is 0.797. The van der Waals surface area contributed by atoms with Crippen LogP contribution in [0, 0.1) is 0 Å². The Kier molecular flexibility index (Phi) is 5.71. The summed E-state index contributed by atoms with van der Waals surface area (Å²) in [4.78, 5) is 16.9. The van der Waals surface area contributed by atoms with Crippen LogP contribution >= 0.6 is 11.3 Å². The predicted molar refractivity (Wildman–Crippen MR) is 100 cm³/mol. The molecule has 1 saturated carbocycles. The number of carbonyl (C=O) groups excluding carboxylic acids is 1. The molecule has 25 heavy (non-hydrogen) atoms. The first kappa shape index (κ1) is 17.9. The largest absolute Gasteiger partial charge is 0.497 e. The van der Waals surface area contributed by atoms with Crippen LogP contribution in [0.15, 0.2) is 29.6 Å². The molecule has 1 heterocycles. The number of carbonyl (C=O) groups is 1. The van der Waals surface area contributed by atoms with Crippen molar-refractivity contribution in [3.05, 3.63) is 45.9 Å². The Labute approximate surface area is 152 Å². The first-order chi connectivity index (χ1) is 12.2. The van der Waals surface area contributed by atoms with Crippen molar-refractivity contribution in [1.29, 1.82) is 0 Å². The molecule has 1 fully saturated rings. The molecule has 134 valence electrons. The summed E-state index contributed by atoms with van der Waals surface area (Å²) in [6.45, 7) is 1.18. The molecule has 1 aromatic carbocycles. The van der Waals surface area contributed by atoms with Crippen molar-refractivity contribution in [2.45, 2.75) is 37.5 Å². The van der Waals surface area contributed by atoms with Crippen molar-refractivity contribution in [2.75, 3.05) is 20.2 Å². The van der Waals surface area contributed by atoms with Crippen LogP contribution in [0.3, 0.4) is 0 Å². The molecule has 1 aliphatic carbocycles. The van der Waals surface area contributed by atoms with Crippen molar-refractivity contribution >= 4 is 17.2 Å². The van der Waals surface area contributed by atoms with E-state index in [0.717, 1.165) is 23.6 Å². The van der Waals surface area contributed by atoms with Crippen molar-refractivity contribution in [1.82, 2.24) is 10.3 Å². The van der Waals surface area contributed by atoms with E-state index in [-0.39, 0.29) is 11.3 Å². The number of methoxy groups -OCH3 is 1. The van der Waals surface area contributed by atoms with Gasteiger partial charge in [0.25, 0.3) is 5.91 Å². The van der Waals surface area contributed by atoms with E-state index in [0.29, 0.717) is 25.2 Å². The molecule has 0 saturated heterocycles. The third-order valence-electron chi connectivity index (χ3n) is 4.97. The topological polar surface area (TPSA) is 77.2 Å². The van der Waals surface area contributed by atoms with E-state index >= 15 is 0 Å². The number of amides is 1. The summed E-state index contributed by atoms with van der Waals surface area (Å²) in [5.74, 6) is 0.759. The second-order valence-electron chi connectivity index (χ2n) is 6.57. The Hall–Kier alpha value is -1.92. The number of aromatic nitrogens is 1. The Balaban J connectivity index is 1.72. The van der Waals surface area contributed by atoms with Gasteiger partial charge in [0, 0.05) is 23.8 Å². The summed E-state index contributed by atoms with van der Waals surface area (Å²) in [6, 6.07) is 8.22. The summed E-state index contributed by atoms with van der Waals surface area (Å²) in [5.41, 5.74) is 7.27. The summed E-state index contributed by atoms with van der Waals surface area (Å²) in [6.07, 6.45) is 5.24. The monoisotopic (exact) mass is 359 g/mol. The smallest absolute Gasteiger partial charge is 0.270 e. The standard InChI is InChI=1S/C19H25N3O2S/c1-24-15-6-4-5-14(11-15)19(8-2-3-9-19)13-21-18(23)16-12-25-17(22-16)7-10-20/h4-6,11-12H,2-3,7-10,13,20H2,1H3,(H,21,23). The van der Waals surface area contributed by atoms with Crippen molar-refractivity contribution in [3.63, 3.8) is 0 Å². The molecule has 0 unspecified atom stereocenters. The fourth-order valence-electron chi connectivity index (χ4n) is 3.57. The molecule has 0 bridgehead atoms. The van der Waals surface area contributed by atoms with Crippen molar-refractivity contribution < 1.29 is 9.53 Å². The van der Waals surface area contributed by atoms with E-state index in [1.807, 2.05) is 17.5 Å². The van der Waals surface area contributed by atoms with Gasteiger partial charge in [0.15, 0.2) is 0 Å². The zero-order chi connectivity index (χ0) is 17.7. The maximum absolute atomic E-state index is 12.5. The van der Waals surface area contributed by atoms with Gasteiger partial charge < -0.3 is 15.8 Å². The Bertz CT molecular complexity index is 723. The summed E-state index contributed by atoms with van der Waals surface area (Å²) in [5, 5.41) is 5.83. The van der Waals surface area contributed by atoms with E-state index < -0.39 is 0 Å². The maximum atomic E-state index is 12.5. The molecule has 1 aromatic heterocycles. The third-order valence-corrected chi connectivity index (χ3v) is 5.88. The molecule has 0 atom stereocenters. The predicted octanol–water partition coefficient (Wildman–Crippen LogP) is 2.89. The Morgan fingerprint density at radius 2 is 2.20 bits per heavy atom. The lowest BCUT2D eigenvalue weighted by atomic mass is 9.78. The van der Waals surface area contributed by atoms with Crippen molar-refractivity contribution in [3.8, 4) is 5.75 Å². The molecule has 5 nitrogen and oxygen atoms in total. The first-order valence-corrected chi connectivity index (χ1v) is 9.62. The van der Waals surface area contributed by atoms with E-state index in [9.17, 15) is 4.79 Å². The molecule has 3 N–H and O–H groups in total.